The third-order valence-electron chi connectivity index (χ3n) is 9.22. The van der Waals surface area contributed by atoms with Gasteiger partial charge in [0.05, 0.1) is 14.2 Å². The van der Waals surface area contributed by atoms with Gasteiger partial charge in [-0.15, -0.1) is 0 Å². The summed E-state index contributed by atoms with van der Waals surface area (Å²) in [6, 6.07) is 0. The average Bonchev–Trinajstić information content (AvgIpc) is 3.37. The minimum absolute atomic E-state index is 0.387. The first-order chi connectivity index (χ1) is 15.4. The lowest BCUT2D eigenvalue weighted by atomic mass is 9.73. The molecule has 0 aliphatic heterocycles. The topological polar surface area (TPSA) is 9.23 Å². The number of rotatable bonds is 5. The summed E-state index contributed by atoms with van der Waals surface area (Å²) in [5.41, 5.74) is 3.43. The molecule has 1 nitrogen and oxygen atoms in total. The van der Waals surface area contributed by atoms with Gasteiger partial charge in [-0.1, -0.05) is 66.0 Å². The van der Waals surface area contributed by atoms with Crippen molar-refractivity contribution in [2.24, 2.45) is 17.8 Å². The first-order valence-corrected chi connectivity index (χ1v) is 16.6. The van der Waals surface area contributed by atoms with Crippen molar-refractivity contribution in [3.8, 4) is 0 Å². The highest BCUT2D eigenvalue weighted by Crippen LogP contribution is 2.66. The maximum Gasteiger partial charge on any atom is 0.105 e. The van der Waals surface area contributed by atoms with Crippen LogP contribution in [0.2, 0.25) is 13.1 Å². The van der Waals surface area contributed by atoms with E-state index in [0.717, 1.165) is 12.0 Å². The van der Waals surface area contributed by atoms with E-state index in [1.165, 1.54) is 70.6 Å². The Bertz CT molecular complexity index is 606. The summed E-state index contributed by atoms with van der Waals surface area (Å²) in [7, 11) is -1.74. The maximum atomic E-state index is 6.74. The van der Waals surface area contributed by atoms with Crippen molar-refractivity contribution in [2.45, 2.75) is 111 Å². The van der Waals surface area contributed by atoms with E-state index in [9.17, 15) is 0 Å². The summed E-state index contributed by atoms with van der Waals surface area (Å²) in [4.78, 5) is 0. The van der Waals surface area contributed by atoms with E-state index in [-0.39, 0.29) is 0 Å². The molecule has 0 aromatic heterocycles. The number of fused-ring (bicyclic) bond motifs is 3. The van der Waals surface area contributed by atoms with E-state index in [2.05, 4.69) is 53.1 Å². The Morgan fingerprint density at radius 2 is 1.44 bits per heavy atom. The first kappa shape index (κ1) is 23.9. The van der Waals surface area contributed by atoms with E-state index in [4.69, 9.17) is 4.74 Å². The van der Waals surface area contributed by atoms with Crippen LogP contribution in [0.4, 0.5) is 0 Å². The molecule has 5 aliphatic carbocycles. The highest BCUT2D eigenvalue weighted by Gasteiger charge is 2.60. The van der Waals surface area contributed by atoms with E-state index in [0.29, 0.717) is 17.9 Å². The maximum absolute atomic E-state index is 6.74. The zero-order chi connectivity index (χ0) is 22.5. The molecule has 0 saturated heterocycles. The van der Waals surface area contributed by atoms with Gasteiger partial charge in [0.15, 0.2) is 0 Å². The van der Waals surface area contributed by atoms with E-state index in [1.54, 1.807) is 29.2 Å². The van der Waals surface area contributed by atoms with Crippen LogP contribution in [0.15, 0.2) is 0 Å². The Hall–Kier alpha value is 0.177. The van der Waals surface area contributed by atoms with Crippen LogP contribution in [0.3, 0.4) is 0 Å². The Balaban J connectivity index is 1.27. The Kier molecular flexibility index (Phi) is 7.22. The van der Waals surface area contributed by atoms with Gasteiger partial charge in [0, 0.05) is 12.8 Å². The SMILES string of the molecule is CC(C)[C@@H]1CC[C@@H](C)C[C@H]1O[C]1[CH][CH][C]([Si](C)(C)[C]2[C]3CCCC[C]3[C]3CCCC[C]32)[CH]1. The zero-order valence-corrected chi connectivity index (χ0v) is 22.2. The van der Waals surface area contributed by atoms with Gasteiger partial charge in [-0.3, -0.25) is 0 Å². The molecule has 5 fully saturated rings. The third-order valence-corrected chi connectivity index (χ3v) is 12.8. The van der Waals surface area contributed by atoms with Crippen LogP contribution in [0.25, 0.3) is 0 Å². The van der Waals surface area contributed by atoms with Crippen molar-refractivity contribution in [2.75, 3.05) is 0 Å². The molecule has 2 heteroatoms. The predicted octanol–water partition coefficient (Wildman–Crippen LogP) is 8.02. The summed E-state index contributed by atoms with van der Waals surface area (Å²) >= 11 is 0. The number of hydrogen-bond donors (Lipinski definition) is 0. The molecule has 5 rings (SSSR count). The number of hydrogen-bond acceptors (Lipinski definition) is 1. The predicted molar refractivity (Wildman–Crippen MR) is 136 cm³/mol. The lowest BCUT2D eigenvalue weighted by molar-refractivity contribution is -0.0187. The molecular formula is C30H44OSi. The normalized spacial score (nSPS) is 35.6. The second-order valence-electron chi connectivity index (χ2n) is 12.1. The van der Waals surface area contributed by atoms with E-state index in [1.807, 2.05) is 5.54 Å². The van der Waals surface area contributed by atoms with Crippen LogP contribution in [0.5, 0.6) is 0 Å². The summed E-state index contributed by atoms with van der Waals surface area (Å²) in [6.45, 7) is 12.4. The second-order valence-corrected chi connectivity index (χ2v) is 16.5. The summed E-state index contributed by atoms with van der Waals surface area (Å²) in [6.07, 6.45) is 23.5. The van der Waals surface area contributed by atoms with Gasteiger partial charge < -0.3 is 4.74 Å². The lowest BCUT2D eigenvalue weighted by Gasteiger charge is -2.43. The van der Waals surface area contributed by atoms with Crippen molar-refractivity contribution < 1.29 is 4.74 Å². The highest BCUT2D eigenvalue weighted by atomic mass is 28.3. The monoisotopic (exact) mass is 448 g/mol. The molecule has 174 valence electrons. The van der Waals surface area contributed by atoms with Gasteiger partial charge in [0.25, 0.3) is 0 Å². The van der Waals surface area contributed by atoms with Gasteiger partial charge in [0.1, 0.15) is 6.10 Å². The van der Waals surface area contributed by atoms with E-state index >= 15 is 0 Å². The molecule has 0 aromatic rings. The minimum atomic E-state index is -1.74. The Morgan fingerprint density at radius 3 is 2.03 bits per heavy atom. The van der Waals surface area contributed by atoms with Crippen LogP contribution in [0, 0.1) is 77.9 Å². The lowest BCUT2D eigenvalue weighted by Crippen LogP contribution is -2.46. The first-order valence-electron chi connectivity index (χ1n) is 13.6. The summed E-state index contributed by atoms with van der Waals surface area (Å²) < 4.78 is 6.74. The van der Waals surface area contributed by atoms with Crippen molar-refractivity contribution in [1.82, 2.24) is 0 Å². The van der Waals surface area contributed by atoms with Crippen LogP contribution >= 0.6 is 0 Å². The van der Waals surface area contributed by atoms with Crippen molar-refractivity contribution in [1.29, 1.82) is 0 Å². The molecule has 0 heterocycles. The quantitative estimate of drug-likeness (QED) is 0.387. The van der Waals surface area contributed by atoms with Gasteiger partial charge in [0.2, 0.25) is 0 Å². The highest BCUT2D eigenvalue weighted by molar-refractivity contribution is 6.90. The second kappa shape index (κ2) is 9.67. The molecule has 0 N–H and O–H groups in total. The average molecular weight is 449 g/mol. The largest absolute Gasteiger partial charge is 0.368 e. The standard InChI is InChI=1S/C30H44OSi/c1-20(2)24-17-14-21(3)18-29(24)31-22-15-16-23(19-22)32(4,5)30-27-12-8-6-10-25(27)26-11-7-9-13-28(26)30/h15-16,19-21,24,29H,6-14,17-18H2,1-5H3/t21-,24+,29-/m1/s1. The van der Waals surface area contributed by atoms with Gasteiger partial charge in [-0.25, -0.2) is 0 Å². The molecule has 0 amide bonds. The number of ether oxygens (including phenoxy) is 1. The molecule has 3 atom stereocenters. The fourth-order valence-electron chi connectivity index (χ4n) is 7.42. The molecule has 5 aliphatic rings. The smallest absolute Gasteiger partial charge is 0.105 e. The molecule has 5 saturated carbocycles. The summed E-state index contributed by atoms with van der Waals surface area (Å²) in [5.74, 6) is 9.37. The molecular weight excluding hydrogens is 404 g/mol. The Morgan fingerprint density at radius 1 is 0.844 bits per heavy atom. The zero-order valence-electron chi connectivity index (χ0n) is 21.2. The molecule has 0 aromatic carbocycles. The van der Waals surface area contributed by atoms with Gasteiger partial charge in [-0.05, 0) is 97.5 Å². The van der Waals surface area contributed by atoms with Crippen molar-refractivity contribution in [3.63, 3.8) is 0 Å². The van der Waals surface area contributed by atoms with Gasteiger partial charge in [-0.2, -0.15) is 0 Å². The molecule has 0 bridgehead atoms. The molecule has 0 spiro atoms. The van der Waals surface area contributed by atoms with Crippen molar-refractivity contribution in [3.05, 3.63) is 60.1 Å². The van der Waals surface area contributed by atoms with Crippen LogP contribution in [0.1, 0.15) is 91.4 Å². The van der Waals surface area contributed by atoms with Crippen molar-refractivity contribution >= 4 is 8.07 Å². The van der Waals surface area contributed by atoms with Crippen LogP contribution < -0.4 is 0 Å². The molecule has 10 radical (unpaired) electrons. The summed E-state index contributed by atoms with van der Waals surface area (Å²) in [5, 5.41) is 0. The van der Waals surface area contributed by atoms with Crippen LogP contribution in [-0.4, -0.2) is 14.2 Å². The Labute approximate surface area is 201 Å². The van der Waals surface area contributed by atoms with E-state index < -0.39 is 8.07 Å². The van der Waals surface area contributed by atoms with Gasteiger partial charge >= 0.3 is 0 Å². The third kappa shape index (κ3) is 4.43. The minimum Gasteiger partial charge on any atom is -0.368 e. The molecule has 0 unspecified atom stereocenters. The fourth-order valence-corrected chi connectivity index (χ4v) is 10.8. The fraction of sp³-hybridized carbons (Fsp3) is 0.667. The molecule has 32 heavy (non-hydrogen) atoms. The van der Waals surface area contributed by atoms with Crippen LogP contribution in [-0.2, 0) is 4.74 Å².